The molecular formula is C19H30N2OS. The minimum Gasteiger partial charge on any atom is -0.351 e. The van der Waals surface area contributed by atoms with Crippen LogP contribution in [0.15, 0.2) is 0 Å². The fourth-order valence-electron chi connectivity index (χ4n) is 4.18. The smallest absolute Gasteiger partial charge is 0.263 e. The Morgan fingerprint density at radius 1 is 1.26 bits per heavy atom. The fourth-order valence-corrected chi connectivity index (χ4v) is 5.34. The highest BCUT2D eigenvalue weighted by Crippen LogP contribution is 2.42. The molecule has 0 radical (unpaired) electrons. The van der Waals surface area contributed by atoms with Crippen molar-refractivity contribution >= 4 is 17.2 Å². The van der Waals surface area contributed by atoms with Crippen LogP contribution in [0.25, 0.3) is 0 Å². The molecule has 2 fully saturated rings. The van der Waals surface area contributed by atoms with Crippen LogP contribution < -0.4 is 5.32 Å². The maximum Gasteiger partial charge on any atom is 0.263 e. The number of nitrogens with zero attached hydrogens (tertiary/aromatic N) is 1. The number of carbonyl (C=O) groups is 1. The molecule has 128 valence electrons. The van der Waals surface area contributed by atoms with Gasteiger partial charge in [0.25, 0.3) is 5.91 Å². The average molecular weight is 335 g/mol. The Morgan fingerprint density at radius 3 is 2.65 bits per heavy atom. The Balaban J connectivity index is 1.64. The number of amides is 1. The summed E-state index contributed by atoms with van der Waals surface area (Å²) in [6.07, 6.45) is 10.3. The van der Waals surface area contributed by atoms with Crippen molar-refractivity contribution < 1.29 is 4.79 Å². The standard InChI is InChI=1S/C19H30N2OS/c1-13-8-7-11-19(13,3)12-20-17(22)16-14(2)21-18(23-16)15-9-5-4-6-10-15/h13,15H,4-12H2,1-3H3,(H,20,22). The molecular weight excluding hydrogens is 304 g/mol. The molecule has 0 aromatic carbocycles. The quantitative estimate of drug-likeness (QED) is 0.836. The van der Waals surface area contributed by atoms with Gasteiger partial charge in [0.15, 0.2) is 0 Å². The summed E-state index contributed by atoms with van der Waals surface area (Å²) in [5.74, 6) is 1.37. The zero-order valence-electron chi connectivity index (χ0n) is 14.8. The number of hydrogen-bond acceptors (Lipinski definition) is 3. The average Bonchev–Trinajstić information content (AvgIpc) is 3.10. The Kier molecular flexibility index (Phi) is 5.10. The van der Waals surface area contributed by atoms with Crippen LogP contribution in [0.1, 0.15) is 91.5 Å². The van der Waals surface area contributed by atoms with Gasteiger partial charge in [0, 0.05) is 12.5 Å². The Morgan fingerprint density at radius 2 is 2.00 bits per heavy atom. The first-order valence-corrected chi connectivity index (χ1v) is 10.1. The van der Waals surface area contributed by atoms with E-state index in [0.717, 1.165) is 17.1 Å². The summed E-state index contributed by atoms with van der Waals surface area (Å²) in [6, 6.07) is 0. The van der Waals surface area contributed by atoms with E-state index in [9.17, 15) is 4.79 Å². The molecule has 0 aliphatic heterocycles. The summed E-state index contributed by atoms with van der Waals surface area (Å²) in [4.78, 5) is 18.2. The lowest BCUT2D eigenvalue weighted by Gasteiger charge is -2.29. The molecule has 2 aliphatic rings. The summed E-state index contributed by atoms with van der Waals surface area (Å²) in [7, 11) is 0. The van der Waals surface area contributed by atoms with Crippen LogP contribution in [0.2, 0.25) is 0 Å². The van der Waals surface area contributed by atoms with Gasteiger partial charge in [0.1, 0.15) is 4.88 Å². The number of thiazole rings is 1. The van der Waals surface area contributed by atoms with E-state index < -0.39 is 0 Å². The van der Waals surface area contributed by atoms with Crippen LogP contribution in [0.4, 0.5) is 0 Å². The lowest BCUT2D eigenvalue weighted by molar-refractivity contribution is 0.0927. The van der Waals surface area contributed by atoms with Gasteiger partial charge in [-0.05, 0) is 37.5 Å². The van der Waals surface area contributed by atoms with Crippen molar-refractivity contribution in [3.05, 3.63) is 15.6 Å². The summed E-state index contributed by atoms with van der Waals surface area (Å²) in [5.41, 5.74) is 1.18. The van der Waals surface area contributed by atoms with Crippen molar-refractivity contribution in [1.82, 2.24) is 10.3 Å². The second kappa shape index (κ2) is 6.92. The highest BCUT2D eigenvalue weighted by Gasteiger charge is 2.36. The SMILES string of the molecule is Cc1nc(C2CCCCC2)sc1C(=O)NCC1(C)CCCC1C. The lowest BCUT2D eigenvalue weighted by Crippen LogP contribution is -2.37. The van der Waals surface area contributed by atoms with Gasteiger partial charge in [-0.3, -0.25) is 4.79 Å². The van der Waals surface area contributed by atoms with Crippen molar-refractivity contribution in [3.8, 4) is 0 Å². The zero-order chi connectivity index (χ0) is 16.4. The van der Waals surface area contributed by atoms with Crippen molar-refractivity contribution in [2.45, 2.75) is 78.1 Å². The van der Waals surface area contributed by atoms with Crippen molar-refractivity contribution in [3.63, 3.8) is 0 Å². The van der Waals surface area contributed by atoms with Gasteiger partial charge in [-0.1, -0.05) is 46.0 Å². The molecule has 0 bridgehead atoms. The van der Waals surface area contributed by atoms with E-state index in [1.165, 1.54) is 56.4 Å². The predicted molar refractivity (Wildman–Crippen MR) is 96.1 cm³/mol. The lowest BCUT2D eigenvalue weighted by atomic mass is 9.81. The Bertz CT molecular complexity index is 562. The van der Waals surface area contributed by atoms with Crippen molar-refractivity contribution in [2.24, 2.45) is 11.3 Å². The maximum atomic E-state index is 12.6. The molecule has 2 unspecified atom stereocenters. The van der Waals surface area contributed by atoms with Gasteiger partial charge in [0.05, 0.1) is 10.7 Å². The largest absolute Gasteiger partial charge is 0.351 e. The normalized spacial score (nSPS) is 28.9. The molecule has 0 spiro atoms. The molecule has 2 saturated carbocycles. The first-order chi connectivity index (χ1) is 11.0. The summed E-state index contributed by atoms with van der Waals surface area (Å²) < 4.78 is 0. The molecule has 1 N–H and O–H groups in total. The molecule has 1 heterocycles. The fraction of sp³-hybridized carbons (Fsp3) is 0.789. The third-order valence-corrected chi connectivity index (χ3v) is 7.52. The van der Waals surface area contributed by atoms with Crippen molar-refractivity contribution in [1.29, 1.82) is 0 Å². The molecule has 4 heteroatoms. The van der Waals surface area contributed by atoms with E-state index in [1.54, 1.807) is 11.3 Å². The van der Waals surface area contributed by atoms with Gasteiger partial charge >= 0.3 is 0 Å². The number of hydrogen-bond donors (Lipinski definition) is 1. The Labute approximate surface area is 144 Å². The molecule has 1 amide bonds. The third-order valence-electron chi connectivity index (χ3n) is 6.20. The molecule has 0 saturated heterocycles. The van der Waals surface area contributed by atoms with E-state index in [2.05, 4.69) is 19.2 Å². The molecule has 3 rings (SSSR count). The number of carbonyl (C=O) groups excluding carboxylic acids is 1. The molecule has 1 aromatic heterocycles. The number of aryl methyl sites for hydroxylation is 1. The van der Waals surface area contributed by atoms with Gasteiger partial charge in [-0.2, -0.15) is 0 Å². The van der Waals surface area contributed by atoms with Crippen LogP contribution >= 0.6 is 11.3 Å². The number of aromatic nitrogens is 1. The maximum absolute atomic E-state index is 12.6. The first-order valence-electron chi connectivity index (χ1n) is 9.25. The Hall–Kier alpha value is -0.900. The van der Waals surface area contributed by atoms with E-state index >= 15 is 0 Å². The van der Waals surface area contributed by atoms with E-state index in [1.807, 2.05) is 6.92 Å². The van der Waals surface area contributed by atoms with Gasteiger partial charge < -0.3 is 5.32 Å². The third kappa shape index (κ3) is 3.62. The van der Waals surface area contributed by atoms with Crippen LogP contribution in [0.5, 0.6) is 0 Å². The minimum atomic E-state index is 0.0855. The van der Waals surface area contributed by atoms with Crippen LogP contribution in [-0.2, 0) is 0 Å². The topological polar surface area (TPSA) is 42.0 Å². The van der Waals surface area contributed by atoms with Crippen LogP contribution in [0.3, 0.4) is 0 Å². The van der Waals surface area contributed by atoms with E-state index in [4.69, 9.17) is 4.98 Å². The predicted octanol–water partition coefficient (Wildman–Crippen LogP) is 5.06. The monoisotopic (exact) mass is 334 g/mol. The highest BCUT2D eigenvalue weighted by molar-refractivity contribution is 7.13. The van der Waals surface area contributed by atoms with Crippen LogP contribution in [-0.4, -0.2) is 17.4 Å². The second-order valence-electron chi connectivity index (χ2n) is 7.93. The molecule has 1 aromatic rings. The highest BCUT2D eigenvalue weighted by atomic mass is 32.1. The van der Waals surface area contributed by atoms with Gasteiger partial charge in [-0.25, -0.2) is 4.98 Å². The second-order valence-corrected chi connectivity index (χ2v) is 8.96. The summed E-state index contributed by atoms with van der Waals surface area (Å²) in [5, 5.41) is 4.39. The summed E-state index contributed by atoms with van der Waals surface area (Å²) in [6.45, 7) is 7.41. The van der Waals surface area contributed by atoms with Gasteiger partial charge in [-0.15, -0.1) is 11.3 Å². The van der Waals surface area contributed by atoms with Crippen LogP contribution in [0, 0.1) is 18.3 Å². The van der Waals surface area contributed by atoms with E-state index in [-0.39, 0.29) is 11.3 Å². The zero-order valence-corrected chi connectivity index (χ0v) is 15.6. The first kappa shape index (κ1) is 16.9. The summed E-state index contributed by atoms with van der Waals surface area (Å²) >= 11 is 1.63. The molecule has 23 heavy (non-hydrogen) atoms. The molecule has 2 atom stereocenters. The van der Waals surface area contributed by atoms with Crippen molar-refractivity contribution in [2.75, 3.05) is 6.54 Å². The minimum absolute atomic E-state index is 0.0855. The molecule has 3 nitrogen and oxygen atoms in total. The van der Waals surface area contributed by atoms with Gasteiger partial charge in [0.2, 0.25) is 0 Å². The number of nitrogens with one attached hydrogen (secondary N) is 1. The number of rotatable bonds is 4. The van der Waals surface area contributed by atoms with E-state index in [0.29, 0.717) is 11.8 Å². The molecule has 2 aliphatic carbocycles.